The van der Waals surface area contributed by atoms with Gasteiger partial charge >= 0.3 is 0 Å². The molecule has 0 saturated carbocycles. The van der Waals surface area contributed by atoms with Crippen LogP contribution in [0.1, 0.15) is 38.2 Å². The monoisotopic (exact) mass is 484 g/mol. The second-order valence-corrected chi connectivity index (χ2v) is 8.25. The van der Waals surface area contributed by atoms with Crippen molar-refractivity contribution in [3.8, 4) is 11.5 Å². The lowest BCUT2D eigenvalue weighted by Gasteiger charge is -2.04. The second-order valence-electron chi connectivity index (χ2n) is 6.65. The van der Waals surface area contributed by atoms with E-state index in [4.69, 9.17) is 5.73 Å². The van der Waals surface area contributed by atoms with Gasteiger partial charge in [0.2, 0.25) is 5.17 Å². The van der Waals surface area contributed by atoms with E-state index in [-0.39, 0.29) is 11.5 Å². The number of nitrogens with two attached hydrogens (primary N) is 1. The van der Waals surface area contributed by atoms with Gasteiger partial charge in [0, 0.05) is 28.5 Å². The quantitative estimate of drug-likeness (QED) is 0.247. The van der Waals surface area contributed by atoms with Crippen LogP contribution in [-0.2, 0) is 0 Å². The lowest BCUT2D eigenvalue weighted by atomic mass is 10.1. The highest BCUT2D eigenvalue weighted by Gasteiger charge is 2.07. The van der Waals surface area contributed by atoms with Gasteiger partial charge in [-0.05, 0) is 61.8 Å². The number of aliphatic imine (C=N–C) groups is 1. The first-order valence-electron chi connectivity index (χ1n) is 9.51. The number of hydrogen-bond donors (Lipinski definition) is 3. The van der Waals surface area contributed by atoms with Crippen molar-refractivity contribution in [2.45, 2.75) is 13.8 Å². The number of carbonyl (C=O) groups is 1. The highest BCUT2D eigenvalue weighted by Crippen LogP contribution is 2.22. The number of aldehydes is 1. The van der Waals surface area contributed by atoms with Crippen molar-refractivity contribution in [2.24, 2.45) is 31.1 Å². The minimum absolute atomic E-state index is 0.0221. The van der Waals surface area contributed by atoms with Crippen LogP contribution in [0.4, 0.5) is 0 Å². The molecule has 0 aliphatic rings. The standard InChI is InChI=1S/C22H24N6O3S2/c1-13-5-16(10-25-27-21(23)32-3)20(31)17(6-13)11-26-28-22(33-4)24-9-15-7-14(2)18(12-29)8-19(15)30/h5-12,30-31H,1-4H3,(H2,23,27)/b24-9+,25-10?,26-11+,28-22+. The first kappa shape index (κ1) is 25.8. The van der Waals surface area contributed by atoms with Crippen LogP contribution in [0.15, 0.2) is 49.7 Å². The summed E-state index contributed by atoms with van der Waals surface area (Å²) in [6.07, 6.45) is 8.52. The van der Waals surface area contributed by atoms with Crippen LogP contribution >= 0.6 is 23.5 Å². The molecule has 0 saturated heterocycles. The summed E-state index contributed by atoms with van der Waals surface area (Å²) in [4.78, 5) is 15.2. The van der Waals surface area contributed by atoms with Crippen LogP contribution in [0.3, 0.4) is 0 Å². The van der Waals surface area contributed by atoms with Crippen LogP contribution in [0.5, 0.6) is 11.5 Å². The van der Waals surface area contributed by atoms with Gasteiger partial charge in [0.25, 0.3) is 0 Å². The zero-order valence-electron chi connectivity index (χ0n) is 18.6. The number of aryl methyl sites for hydroxylation is 2. The van der Waals surface area contributed by atoms with E-state index in [1.807, 2.05) is 6.92 Å². The summed E-state index contributed by atoms with van der Waals surface area (Å²) in [7, 11) is 0. The number of phenolic OH excluding ortho intramolecular Hbond substituents is 2. The molecule has 9 nitrogen and oxygen atoms in total. The van der Waals surface area contributed by atoms with E-state index in [9.17, 15) is 15.0 Å². The molecule has 2 aromatic carbocycles. The van der Waals surface area contributed by atoms with Crippen molar-refractivity contribution >= 4 is 58.8 Å². The highest BCUT2D eigenvalue weighted by atomic mass is 32.2. The van der Waals surface area contributed by atoms with Gasteiger partial charge in [-0.15, -0.1) is 10.2 Å². The van der Waals surface area contributed by atoms with Gasteiger partial charge in [0.1, 0.15) is 17.8 Å². The van der Waals surface area contributed by atoms with Crippen LogP contribution in [0, 0.1) is 13.8 Å². The normalized spacial score (nSPS) is 13.0. The third kappa shape index (κ3) is 7.58. The van der Waals surface area contributed by atoms with Crippen LogP contribution in [-0.4, -0.2) is 58.0 Å². The molecule has 0 heterocycles. The second kappa shape index (κ2) is 12.6. The first-order chi connectivity index (χ1) is 15.8. The molecule has 0 radical (unpaired) electrons. The van der Waals surface area contributed by atoms with Gasteiger partial charge < -0.3 is 15.9 Å². The van der Waals surface area contributed by atoms with Crippen molar-refractivity contribution < 1.29 is 15.0 Å². The number of phenols is 2. The Kier molecular flexibility index (Phi) is 9.83. The number of carbonyl (C=O) groups excluding carboxylic acids is 1. The Morgan fingerprint density at radius 3 is 2.09 bits per heavy atom. The van der Waals surface area contributed by atoms with Crippen LogP contribution in [0.2, 0.25) is 0 Å². The predicted octanol–water partition coefficient (Wildman–Crippen LogP) is 3.71. The zero-order chi connectivity index (χ0) is 24.4. The van der Waals surface area contributed by atoms with E-state index < -0.39 is 0 Å². The number of rotatable bonds is 6. The predicted molar refractivity (Wildman–Crippen MR) is 140 cm³/mol. The van der Waals surface area contributed by atoms with Crippen molar-refractivity contribution in [1.29, 1.82) is 0 Å². The number of thioether (sulfide) groups is 2. The molecule has 0 spiro atoms. The fraction of sp³-hybridized carbons (Fsp3) is 0.182. The number of benzene rings is 2. The average Bonchev–Trinajstić information content (AvgIpc) is 2.80. The summed E-state index contributed by atoms with van der Waals surface area (Å²) in [5, 5.41) is 37.0. The Morgan fingerprint density at radius 2 is 1.52 bits per heavy atom. The largest absolute Gasteiger partial charge is 0.507 e. The summed E-state index contributed by atoms with van der Waals surface area (Å²) in [5.41, 5.74) is 8.98. The lowest BCUT2D eigenvalue weighted by molar-refractivity contribution is 0.112. The molecule has 2 aromatic rings. The van der Waals surface area contributed by atoms with Gasteiger partial charge in [-0.1, -0.05) is 23.5 Å². The molecule has 11 heteroatoms. The number of aromatic hydroxyl groups is 2. The summed E-state index contributed by atoms with van der Waals surface area (Å²) in [6.45, 7) is 3.64. The van der Waals surface area contributed by atoms with Gasteiger partial charge in [-0.25, -0.2) is 4.99 Å². The molecular weight excluding hydrogens is 460 g/mol. The number of amidine groups is 2. The Bertz CT molecular complexity index is 1170. The van der Waals surface area contributed by atoms with E-state index in [0.29, 0.717) is 38.9 Å². The Balaban J connectivity index is 2.26. The first-order valence-corrected chi connectivity index (χ1v) is 12.0. The average molecular weight is 485 g/mol. The van der Waals surface area contributed by atoms with E-state index in [0.717, 1.165) is 11.1 Å². The van der Waals surface area contributed by atoms with E-state index >= 15 is 0 Å². The van der Waals surface area contributed by atoms with Gasteiger partial charge in [0.05, 0.1) is 12.4 Å². The molecule has 33 heavy (non-hydrogen) atoms. The van der Waals surface area contributed by atoms with Crippen LogP contribution < -0.4 is 5.73 Å². The maximum Gasteiger partial charge on any atom is 0.208 e. The highest BCUT2D eigenvalue weighted by molar-refractivity contribution is 8.13. The molecule has 172 valence electrons. The minimum Gasteiger partial charge on any atom is -0.507 e. The molecule has 0 atom stereocenters. The minimum atomic E-state index is -0.0575. The number of nitrogens with zero attached hydrogens (tertiary/aromatic N) is 5. The van der Waals surface area contributed by atoms with Crippen molar-refractivity contribution in [3.05, 3.63) is 57.6 Å². The van der Waals surface area contributed by atoms with Crippen molar-refractivity contribution in [1.82, 2.24) is 0 Å². The zero-order valence-corrected chi connectivity index (χ0v) is 20.2. The molecule has 0 aliphatic carbocycles. The summed E-state index contributed by atoms with van der Waals surface area (Å²) >= 11 is 2.52. The van der Waals surface area contributed by atoms with Gasteiger partial charge in [-0.2, -0.15) is 10.2 Å². The van der Waals surface area contributed by atoms with Crippen molar-refractivity contribution in [3.63, 3.8) is 0 Å². The molecule has 0 fully saturated rings. The van der Waals surface area contributed by atoms with Gasteiger partial charge in [0.15, 0.2) is 5.17 Å². The summed E-state index contributed by atoms with van der Waals surface area (Å²) < 4.78 is 0. The smallest absolute Gasteiger partial charge is 0.208 e. The maximum atomic E-state index is 11.0. The fourth-order valence-corrected chi connectivity index (χ4v) is 2.99. The van der Waals surface area contributed by atoms with E-state index in [1.54, 1.807) is 37.6 Å². The molecule has 0 aliphatic heterocycles. The molecule has 0 aromatic heterocycles. The molecule has 4 N–H and O–H groups in total. The lowest BCUT2D eigenvalue weighted by Crippen LogP contribution is -2.04. The van der Waals surface area contributed by atoms with Crippen LogP contribution in [0.25, 0.3) is 0 Å². The Labute approximate surface area is 200 Å². The Hall–Kier alpha value is -3.44. The topological polar surface area (TPSA) is 145 Å². The molecule has 0 amide bonds. The third-order valence-electron chi connectivity index (χ3n) is 4.25. The third-order valence-corrected chi connectivity index (χ3v) is 5.31. The molecular formula is C22H24N6O3S2. The van der Waals surface area contributed by atoms with E-state index in [2.05, 4.69) is 25.4 Å². The fourth-order valence-electron chi connectivity index (χ4n) is 2.57. The van der Waals surface area contributed by atoms with Gasteiger partial charge in [-0.3, -0.25) is 4.79 Å². The summed E-state index contributed by atoms with van der Waals surface area (Å²) in [5.74, 6) is -0.0796. The summed E-state index contributed by atoms with van der Waals surface area (Å²) in [6, 6.07) is 6.56. The molecule has 2 rings (SSSR count). The molecule has 0 unspecified atom stereocenters. The van der Waals surface area contributed by atoms with Crippen molar-refractivity contribution in [2.75, 3.05) is 12.5 Å². The van der Waals surface area contributed by atoms with E-state index in [1.165, 1.54) is 48.2 Å². The molecule has 0 bridgehead atoms. The maximum absolute atomic E-state index is 11.0. The Morgan fingerprint density at radius 1 is 0.879 bits per heavy atom. The number of hydrogen-bond acceptors (Lipinski definition) is 9. The SMILES string of the molecule is CSC(N)=NN=Cc1cc(C)cc(/C=N/N=C(\N=C\c2cc(C)c(C=O)cc2O)SC)c1O.